The zero-order chi connectivity index (χ0) is 13.1. The highest BCUT2D eigenvalue weighted by atomic mass is 79.9. The first-order valence-corrected chi connectivity index (χ1v) is 9.37. The summed E-state index contributed by atoms with van der Waals surface area (Å²) in [6, 6.07) is 7.75. The minimum atomic E-state index is 0.688. The normalized spacial score (nSPS) is 27.6. The van der Waals surface area contributed by atoms with Crippen LogP contribution in [0.25, 0.3) is 0 Å². The van der Waals surface area contributed by atoms with Crippen molar-refractivity contribution < 1.29 is 0 Å². The molecule has 3 heteroatoms. The van der Waals surface area contributed by atoms with E-state index in [1.165, 1.54) is 65.8 Å². The van der Waals surface area contributed by atoms with E-state index in [1.807, 2.05) is 0 Å². The first kappa shape index (κ1) is 14.0. The zero-order valence-electron chi connectivity index (χ0n) is 11.3. The minimum Gasteiger partial charge on any atom is -0.314 e. The van der Waals surface area contributed by atoms with Crippen LogP contribution in [0, 0.1) is 0 Å². The average molecular weight is 340 g/mol. The smallest absolute Gasteiger partial charge is 0.0213 e. The third-order valence-corrected chi connectivity index (χ3v) is 6.18. The van der Waals surface area contributed by atoms with Gasteiger partial charge in [0.2, 0.25) is 0 Å². The Balaban J connectivity index is 1.67. The second-order valence-electron chi connectivity index (χ2n) is 5.77. The molecule has 0 saturated carbocycles. The van der Waals surface area contributed by atoms with Crippen LogP contribution in [0.5, 0.6) is 0 Å². The lowest BCUT2D eigenvalue weighted by Gasteiger charge is -2.24. The summed E-state index contributed by atoms with van der Waals surface area (Å²) in [4.78, 5) is 0. The molecule has 2 atom stereocenters. The van der Waals surface area contributed by atoms with Crippen molar-refractivity contribution in [1.29, 1.82) is 0 Å². The molecule has 0 aliphatic carbocycles. The van der Waals surface area contributed by atoms with Crippen molar-refractivity contribution in [2.75, 3.05) is 18.1 Å². The Kier molecular flexibility index (Phi) is 4.88. The Morgan fingerprint density at radius 2 is 2.21 bits per heavy atom. The molecule has 0 amide bonds. The summed E-state index contributed by atoms with van der Waals surface area (Å²) in [5, 5.41) is 3.64. The topological polar surface area (TPSA) is 12.0 Å². The van der Waals surface area contributed by atoms with Gasteiger partial charge >= 0.3 is 0 Å². The molecule has 104 valence electrons. The molecular formula is C16H22BrNS. The SMILES string of the molecule is Brc1cc(CC2CCCCN2)ccc1C1CCSC1. The van der Waals surface area contributed by atoms with Crippen molar-refractivity contribution in [3.05, 3.63) is 33.8 Å². The molecule has 2 aliphatic rings. The van der Waals surface area contributed by atoms with E-state index >= 15 is 0 Å². The van der Waals surface area contributed by atoms with Crippen molar-refractivity contribution >= 4 is 27.7 Å². The van der Waals surface area contributed by atoms with Gasteiger partial charge in [0.1, 0.15) is 0 Å². The maximum absolute atomic E-state index is 3.79. The van der Waals surface area contributed by atoms with E-state index in [0.29, 0.717) is 6.04 Å². The van der Waals surface area contributed by atoms with E-state index in [4.69, 9.17) is 0 Å². The highest BCUT2D eigenvalue weighted by Gasteiger charge is 2.20. The fraction of sp³-hybridized carbons (Fsp3) is 0.625. The molecule has 1 aromatic carbocycles. The first-order chi connectivity index (χ1) is 9.33. The third kappa shape index (κ3) is 3.56. The van der Waals surface area contributed by atoms with Gasteiger partial charge in [-0.25, -0.2) is 0 Å². The van der Waals surface area contributed by atoms with Gasteiger partial charge in [-0.15, -0.1) is 0 Å². The van der Waals surface area contributed by atoms with Crippen LogP contribution >= 0.6 is 27.7 Å². The average Bonchev–Trinajstić information content (AvgIpc) is 2.94. The first-order valence-electron chi connectivity index (χ1n) is 7.42. The van der Waals surface area contributed by atoms with Crippen LogP contribution in [-0.4, -0.2) is 24.1 Å². The van der Waals surface area contributed by atoms with Crippen LogP contribution in [0.15, 0.2) is 22.7 Å². The van der Waals surface area contributed by atoms with Gasteiger partial charge in [0, 0.05) is 16.3 Å². The molecular weight excluding hydrogens is 318 g/mol. The fourth-order valence-electron chi connectivity index (χ4n) is 3.19. The predicted molar refractivity (Wildman–Crippen MR) is 88.2 cm³/mol. The molecule has 0 aromatic heterocycles. The number of piperidine rings is 1. The fourth-order valence-corrected chi connectivity index (χ4v) is 5.19. The van der Waals surface area contributed by atoms with Crippen LogP contribution in [0.1, 0.15) is 42.7 Å². The molecule has 2 heterocycles. The van der Waals surface area contributed by atoms with Gasteiger partial charge in [-0.2, -0.15) is 11.8 Å². The molecule has 2 saturated heterocycles. The molecule has 0 radical (unpaired) electrons. The highest BCUT2D eigenvalue weighted by Crippen LogP contribution is 2.36. The maximum atomic E-state index is 3.79. The standard InChI is InChI=1S/C16H22BrNS/c17-16-10-12(9-14-3-1-2-7-18-14)4-5-15(16)13-6-8-19-11-13/h4-5,10,13-14,18H,1-3,6-9,11H2. The molecule has 1 N–H and O–H groups in total. The number of rotatable bonds is 3. The van der Waals surface area contributed by atoms with Gasteiger partial charge in [0.25, 0.3) is 0 Å². The zero-order valence-corrected chi connectivity index (χ0v) is 13.7. The molecule has 19 heavy (non-hydrogen) atoms. The highest BCUT2D eigenvalue weighted by molar-refractivity contribution is 9.10. The summed E-state index contributed by atoms with van der Waals surface area (Å²) in [6.07, 6.45) is 6.58. The third-order valence-electron chi connectivity index (χ3n) is 4.33. The maximum Gasteiger partial charge on any atom is 0.0213 e. The molecule has 0 spiro atoms. The van der Waals surface area contributed by atoms with Gasteiger partial charge in [-0.1, -0.05) is 34.5 Å². The van der Waals surface area contributed by atoms with Crippen LogP contribution in [0.2, 0.25) is 0 Å². The molecule has 2 aliphatic heterocycles. The lowest BCUT2D eigenvalue weighted by molar-refractivity contribution is 0.399. The lowest BCUT2D eigenvalue weighted by Crippen LogP contribution is -2.35. The second-order valence-corrected chi connectivity index (χ2v) is 7.77. The van der Waals surface area contributed by atoms with Crippen molar-refractivity contribution in [3.63, 3.8) is 0 Å². The van der Waals surface area contributed by atoms with E-state index in [-0.39, 0.29) is 0 Å². The Labute approximate surface area is 129 Å². The largest absolute Gasteiger partial charge is 0.314 e. The molecule has 1 nitrogen and oxygen atoms in total. The summed E-state index contributed by atoms with van der Waals surface area (Å²) in [5.74, 6) is 3.38. The van der Waals surface area contributed by atoms with E-state index in [1.54, 1.807) is 0 Å². The number of nitrogens with one attached hydrogen (secondary N) is 1. The van der Waals surface area contributed by atoms with Crippen molar-refractivity contribution in [3.8, 4) is 0 Å². The van der Waals surface area contributed by atoms with Crippen molar-refractivity contribution in [2.45, 2.75) is 44.1 Å². The van der Waals surface area contributed by atoms with Crippen molar-refractivity contribution in [2.24, 2.45) is 0 Å². The summed E-state index contributed by atoms with van der Waals surface area (Å²) in [6.45, 7) is 1.20. The van der Waals surface area contributed by atoms with Crippen molar-refractivity contribution in [1.82, 2.24) is 5.32 Å². The molecule has 3 rings (SSSR count). The van der Waals surface area contributed by atoms with Crippen LogP contribution in [0.3, 0.4) is 0 Å². The Bertz CT molecular complexity index is 423. The molecule has 2 fully saturated rings. The summed E-state index contributed by atoms with van der Waals surface area (Å²) < 4.78 is 1.33. The number of hydrogen-bond donors (Lipinski definition) is 1. The van der Waals surface area contributed by atoms with Gasteiger partial charge in [-0.05, 0) is 61.1 Å². The quantitative estimate of drug-likeness (QED) is 0.878. The number of hydrogen-bond acceptors (Lipinski definition) is 2. The van der Waals surface area contributed by atoms with E-state index < -0.39 is 0 Å². The Morgan fingerprint density at radius 3 is 2.89 bits per heavy atom. The monoisotopic (exact) mass is 339 g/mol. The van der Waals surface area contributed by atoms with Gasteiger partial charge < -0.3 is 5.32 Å². The summed E-state index contributed by atoms with van der Waals surface area (Å²) in [7, 11) is 0. The van der Waals surface area contributed by atoms with Crippen LogP contribution in [0.4, 0.5) is 0 Å². The Morgan fingerprint density at radius 1 is 1.26 bits per heavy atom. The van der Waals surface area contributed by atoms with Crippen LogP contribution in [-0.2, 0) is 6.42 Å². The second kappa shape index (κ2) is 6.64. The molecule has 2 unspecified atom stereocenters. The van der Waals surface area contributed by atoms with Gasteiger partial charge in [-0.3, -0.25) is 0 Å². The predicted octanol–water partition coefficient (Wildman–Crippen LogP) is 4.35. The van der Waals surface area contributed by atoms with E-state index in [2.05, 4.69) is 51.2 Å². The van der Waals surface area contributed by atoms with Gasteiger partial charge in [0.05, 0.1) is 0 Å². The molecule has 0 bridgehead atoms. The summed E-state index contributed by atoms with van der Waals surface area (Å²) in [5.41, 5.74) is 2.99. The number of thioether (sulfide) groups is 1. The number of benzene rings is 1. The minimum absolute atomic E-state index is 0.688. The lowest BCUT2D eigenvalue weighted by atomic mass is 9.94. The van der Waals surface area contributed by atoms with Gasteiger partial charge in [0.15, 0.2) is 0 Å². The van der Waals surface area contributed by atoms with E-state index in [0.717, 1.165) is 5.92 Å². The molecule has 1 aromatic rings. The number of halogens is 1. The van der Waals surface area contributed by atoms with Crippen LogP contribution < -0.4 is 5.32 Å². The Hall–Kier alpha value is 0.01000. The summed E-state index contributed by atoms with van der Waals surface area (Å²) >= 11 is 5.88. The van der Waals surface area contributed by atoms with E-state index in [9.17, 15) is 0 Å².